The maximum Gasteiger partial charge on any atom is 0.134 e. The molecule has 5 heteroatoms. The number of anilines is 1. The molecule has 0 bridgehead atoms. The highest BCUT2D eigenvalue weighted by Crippen LogP contribution is 2.11. The van der Waals surface area contributed by atoms with Crippen LogP contribution in [0.1, 0.15) is 5.56 Å². The molecule has 11 heavy (non-hydrogen) atoms. The first-order chi connectivity index (χ1) is 5.11. The molecule has 0 atom stereocenters. The molecule has 1 rings (SSSR count). The van der Waals surface area contributed by atoms with Gasteiger partial charge in [0.1, 0.15) is 11.7 Å². The smallest absolute Gasteiger partial charge is 0.134 e. The van der Waals surface area contributed by atoms with Crippen LogP contribution in [0.2, 0.25) is 0 Å². The third-order valence-corrected chi connectivity index (χ3v) is 1.77. The summed E-state index contributed by atoms with van der Waals surface area (Å²) >= 11 is 2.09. The maximum atomic E-state index is 7.13. The summed E-state index contributed by atoms with van der Waals surface area (Å²) < 4.78 is 0.919. The number of hydrogen-bond acceptors (Lipinski definition) is 3. The van der Waals surface area contributed by atoms with Crippen molar-refractivity contribution in [2.45, 2.75) is 0 Å². The summed E-state index contributed by atoms with van der Waals surface area (Å²) in [5.41, 5.74) is 11.2. The minimum Gasteiger partial charge on any atom is -0.384 e. The van der Waals surface area contributed by atoms with Gasteiger partial charge in [0, 0.05) is 9.77 Å². The van der Waals surface area contributed by atoms with Crippen LogP contribution in [0.5, 0.6) is 0 Å². The van der Waals surface area contributed by atoms with Gasteiger partial charge >= 0.3 is 0 Å². The molecule has 0 radical (unpaired) electrons. The zero-order chi connectivity index (χ0) is 8.43. The average molecular weight is 262 g/mol. The standard InChI is InChI=1S/C6H7IN4/c7-3-1-4(5(8)9)6(10)11-2-3/h1-2H,(H3,8,9)(H2,10,11). The van der Waals surface area contributed by atoms with Crippen molar-refractivity contribution >= 4 is 34.2 Å². The molecule has 0 unspecified atom stereocenters. The fourth-order valence-corrected chi connectivity index (χ4v) is 1.12. The number of rotatable bonds is 1. The van der Waals surface area contributed by atoms with Gasteiger partial charge in [-0.15, -0.1) is 0 Å². The summed E-state index contributed by atoms with van der Waals surface area (Å²) in [5.74, 6) is 0.256. The number of aromatic nitrogens is 1. The number of nitrogens with zero attached hydrogens (tertiary/aromatic N) is 1. The highest BCUT2D eigenvalue weighted by Gasteiger charge is 2.02. The maximum absolute atomic E-state index is 7.13. The normalized spacial score (nSPS) is 9.55. The molecule has 0 aliphatic carbocycles. The topological polar surface area (TPSA) is 88.8 Å². The predicted octanol–water partition coefficient (Wildman–Crippen LogP) is 0.552. The molecule has 0 saturated heterocycles. The Morgan fingerprint density at radius 1 is 1.64 bits per heavy atom. The highest BCUT2D eigenvalue weighted by atomic mass is 127. The Bertz CT molecular complexity index is 297. The number of amidine groups is 1. The Hall–Kier alpha value is -0.850. The van der Waals surface area contributed by atoms with Gasteiger partial charge in [0.05, 0.1) is 5.56 Å². The molecule has 0 aliphatic heterocycles. The Labute approximate surface area is 77.6 Å². The van der Waals surface area contributed by atoms with Crippen molar-refractivity contribution in [1.82, 2.24) is 4.98 Å². The molecule has 1 aromatic rings. The number of pyridine rings is 1. The summed E-state index contributed by atoms with van der Waals surface area (Å²) in [7, 11) is 0. The van der Waals surface area contributed by atoms with Crippen molar-refractivity contribution in [3.8, 4) is 0 Å². The van der Waals surface area contributed by atoms with Gasteiger partial charge in [-0.3, -0.25) is 5.41 Å². The fourth-order valence-electron chi connectivity index (χ4n) is 0.666. The van der Waals surface area contributed by atoms with E-state index in [1.165, 1.54) is 0 Å². The van der Waals surface area contributed by atoms with E-state index in [0.29, 0.717) is 11.4 Å². The number of nitrogens with one attached hydrogen (secondary N) is 1. The second kappa shape index (κ2) is 3.04. The van der Waals surface area contributed by atoms with Crippen LogP contribution in [0, 0.1) is 8.98 Å². The molecule has 0 aromatic carbocycles. The Morgan fingerprint density at radius 3 is 2.73 bits per heavy atom. The van der Waals surface area contributed by atoms with Gasteiger partial charge < -0.3 is 11.5 Å². The van der Waals surface area contributed by atoms with Crippen molar-refractivity contribution in [2.75, 3.05) is 5.73 Å². The molecule has 0 spiro atoms. The Morgan fingerprint density at radius 2 is 2.27 bits per heavy atom. The monoisotopic (exact) mass is 262 g/mol. The molecule has 0 fully saturated rings. The lowest BCUT2D eigenvalue weighted by Gasteiger charge is -2.01. The third-order valence-electron chi connectivity index (χ3n) is 1.18. The Balaban J connectivity index is 3.23. The first-order valence-electron chi connectivity index (χ1n) is 2.86. The van der Waals surface area contributed by atoms with Gasteiger partial charge in [-0.25, -0.2) is 4.98 Å². The lowest BCUT2D eigenvalue weighted by Crippen LogP contribution is -2.14. The van der Waals surface area contributed by atoms with Gasteiger partial charge in [0.25, 0.3) is 0 Å². The summed E-state index contributed by atoms with van der Waals surface area (Å²) in [6.45, 7) is 0. The van der Waals surface area contributed by atoms with Crippen molar-refractivity contribution in [3.05, 3.63) is 21.4 Å². The molecular weight excluding hydrogens is 255 g/mol. The van der Waals surface area contributed by atoms with E-state index in [0.717, 1.165) is 3.57 Å². The minimum atomic E-state index is -0.0477. The summed E-state index contributed by atoms with van der Waals surface area (Å²) in [6.07, 6.45) is 1.63. The molecule has 58 valence electrons. The van der Waals surface area contributed by atoms with E-state index in [9.17, 15) is 0 Å². The molecule has 4 nitrogen and oxygen atoms in total. The lowest BCUT2D eigenvalue weighted by atomic mass is 10.2. The number of nitrogens with two attached hydrogens (primary N) is 2. The number of hydrogen-bond donors (Lipinski definition) is 3. The van der Waals surface area contributed by atoms with Gasteiger partial charge in [-0.1, -0.05) is 0 Å². The van der Waals surface area contributed by atoms with Crippen LogP contribution in [-0.2, 0) is 0 Å². The number of nitrogen functional groups attached to an aromatic ring is 2. The second-order valence-corrected chi connectivity index (χ2v) is 3.25. The molecule has 0 aliphatic rings. The van der Waals surface area contributed by atoms with Gasteiger partial charge in [0.2, 0.25) is 0 Å². The van der Waals surface area contributed by atoms with E-state index in [1.807, 2.05) is 0 Å². The molecule has 1 aromatic heterocycles. The quantitative estimate of drug-likeness (QED) is 0.392. The first-order valence-corrected chi connectivity index (χ1v) is 3.94. The van der Waals surface area contributed by atoms with Gasteiger partial charge in [0.15, 0.2) is 0 Å². The van der Waals surface area contributed by atoms with E-state index >= 15 is 0 Å². The van der Waals surface area contributed by atoms with Crippen LogP contribution in [0.4, 0.5) is 5.82 Å². The van der Waals surface area contributed by atoms with Crippen LogP contribution < -0.4 is 11.5 Å². The first kappa shape index (κ1) is 8.25. The summed E-state index contributed by atoms with van der Waals surface area (Å²) in [4.78, 5) is 3.85. The van der Waals surface area contributed by atoms with E-state index in [-0.39, 0.29) is 5.84 Å². The zero-order valence-electron chi connectivity index (χ0n) is 5.63. The van der Waals surface area contributed by atoms with Crippen molar-refractivity contribution in [3.63, 3.8) is 0 Å². The van der Waals surface area contributed by atoms with E-state index in [2.05, 4.69) is 27.6 Å². The highest BCUT2D eigenvalue weighted by molar-refractivity contribution is 14.1. The SMILES string of the molecule is N=C(N)c1cc(I)cnc1N. The Kier molecular flexibility index (Phi) is 2.28. The van der Waals surface area contributed by atoms with Crippen LogP contribution in [0.25, 0.3) is 0 Å². The number of halogens is 1. The van der Waals surface area contributed by atoms with Crippen molar-refractivity contribution in [1.29, 1.82) is 5.41 Å². The van der Waals surface area contributed by atoms with Crippen LogP contribution in [0.3, 0.4) is 0 Å². The van der Waals surface area contributed by atoms with E-state index < -0.39 is 0 Å². The molecule has 1 heterocycles. The summed E-state index contributed by atoms with van der Waals surface area (Å²) in [5, 5.41) is 7.13. The molecule has 0 saturated carbocycles. The molecule has 0 amide bonds. The van der Waals surface area contributed by atoms with Crippen LogP contribution in [-0.4, -0.2) is 10.8 Å². The van der Waals surface area contributed by atoms with Crippen molar-refractivity contribution in [2.24, 2.45) is 5.73 Å². The van der Waals surface area contributed by atoms with Crippen LogP contribution in [0.15, 0.2) is 12.3 Å². The van der Waals surface area contributed by atoms with Crippen LogP contribution >= 0.6 is 22.6 Å². The molecular formula is C6H7IN4. The average Bonchev–Trinajstić information content (AvgIpc) is 1.94. The fraction of sp³-hybridized carbons (Fsp3) is 0. The molecule has 5 N–H and O–H groups in total. The second-order valence-electron chi connectivity index (χ2n) is 2.00. The third kappa shape index (κ3) is 1.79. The van der Waals surface area contributed by atoms with Crippen molar-refractivity contribution < 1.29 is 0 Å². The lowest BCUT2D eigenvalue weighted by molar-refractivity contribution is 1.29. The van der Waals surface area contributed by atoms with Gasteiger partial charge in [-0.05, 0) is 28.7 Å². The zero-order valence-corrected chi connectivity index (χ0v) is 7.79. The summed E-state index contributed by atoms with van der Waals surface area (Å²) in [6, 6.07) is 1.73. The van der Waals surface area contributed by atoms with E-state index in [1.54, 1.807) is 12.3 Å². The van der Waals surface area contributed by atoms with Gasteiger partial charge in [-0.2, -0.15) is 0 Å². The minimum absolute atomic E-state index is 0.0477. The van der Waals surface area contributed by atoms with E-state index in [4.69, 9.17) is 16.9 Å². The largest absolute Gasteiger partial charge is 0.384 e. The predicted molar refractivity (Wildman–Crippen MR) is 52.4 cm³/mol.